The van der Waals surface area contributed by atoms with Gasteiger partial charge in [0.05, 0.1) is 29.2 Å². The second kappa shape index (κ2) is 9.48. The summed E-state index contributed by atoms with van der Waals surface area (Å²) in [7, 11) is 0. The lowest BCUT2D eigenvalue weighted by Gasteiger charge is -2.27. The molecule has 1 aliphatic rings. The number of halogens is 2. The molecular weight excluding hydrogens is 452 g/mol. The Kier molecular flexibility index (Phi) is 7.04. The molecule has 3 rings (SSSR count). The fourth-order valence-electron chi connectivity index (χ4n) is 2.77. The molecule has 0 bridgehead atoms. The van der Waals surface area contributed by atoms with Crippen LogP contribution in [0.25, 0.3) is 0 Å². The molecule has 0 fully saturated rings. The largest absolute Gasteiger partial charge is 0.492 e. The molecule has 0 saturated carbocycles. The average Bonchev–Trinajstić information content (AvgIpc) is 2.62. The predicted octanol–water partition coefficient (Wildman–Crippen LogP) is 4.41. The zero-order valence-electron chi connectivity index (χ0n) is 14.3. The Labute approximate surface area is 175 Å². The van der Waals surface area contributed by atoms with E-state index < -0.39 is 0 Å². The smallest absolute Gasteiger partial charge is 0.234 e. The third kappa shape index (κ3) is 5.64. The van der Waals surface area contributed by atoms with Crippen molar-refractivity contribution in [3.8, 4) is 5.75 Å². The first-order valence-electron chi connectivity index (χ1n) is 8.36. The number of para-hydroxylation sites is 1. The minimum Gasteiger partial charge on any atom is -0.492 e. The number of ether oxygens (including phenoxy) is 1. The lowest BCUT2D eigenvalue weighted by molar-refractivity contribution is -0.119. The van der Waals surface area contributed by atoms with E-state index in [2.05, 4.69) is 26.6 Å². The molecule has 1 heterocycles. The lowest BCUT2D eigenvalue weighted by atomic mass is 10.0. The minimum absolute atomic E-state index is 0.118. The highest BCUT2D eigenvalue weighted by Crippen LogP contribution is 2.37. The van der Waals surface area contributed by atoms with Gasteiger partial charge < -0.3 is 15.4 Å². The van der Waals surface area contributed by atoms with E-state index in [0.29, 0.717) is 23.8 Å². The summed E-state index contributed by atoms with van der Waals surface area (Å²) in [6.45, 7) is 0.504. The Balaban J connectivity index is 1.45. The standard InChI is InChI=1S/C19H18BrClN2O3S/c20-12-3-1-4-13(9-12)22-17(24)10-27-11-18(25)23-16-7-8-26-19-14(16)5-2-6-15(19)21/h1-6,9,16H,7-8,10-11H2,(H,22,24)(H,23,25). The fraction of sp³-hybridized carbons (Fsp3) is 0.263. The van der Waals surface area contributed by atoms with Crippen LogP contribution in [0.2, 0.25) is 5.02 Å². The van der Waals surface area contributed by atoms with E-state index in [1.54, 1.807) is 6.07 Å². The highest BCUT2D eigenvalue weighted by Gasteiger charge is 2.24. The van der Waals surface area contributed by atoms with Crippen molar-refractivity contribution in [2.75, 3.05) is 23.4 Å². The van der Waals surface area contributed by atoms with Crippen LogP contribution in [0.4, 0.5) is 5.69 Å². The van der Waals surface area contributed by atoms with E-state index in [1.807, 2.05) is 36.4 Å². The van der Waals surface area contributed by atoms with E-state index in [0.717, 1.165) is 15.7 Å². The molecule has 142 valence electrons. The quantitative estimate of drug-likeness (QED) is 0.657. The number of thioether (sulfide) groups is 1. The van der Waals surface area contributed by atoms with Gasteiger partial charge >= 0.3 is 0 Å². The molecule has 27 heavy (non-hydrogen) atoms. The molecule has 0 aromatic heterocycles. The number of carbonyl (C=O) groups excluding carboxylic acids is 2. The number of benzene rings is 2. The summed E-state index contributed by atoms with van der Waals surface area (Å²) < 4.78 is 6.49. The lowest BCUT2D eigenvalue weighted by Crippen LogP contribution is -2.33. The van der Waals surface area contributed by atoms with Crippen molar-refractivity contribution in [2.24, 2.45) is 0 Å². The van der Waals surface area contributed by atoms with Crippen molar-refractivity contribution in [2.45, 2.75) is 12.5 Å². The molecule has 0 spiro atoms. The van der Waals surface area contributed by atoms with E-state index in [-0.39, 0.29) is 29.4 Å². The molecule has 2 aromatic carbocycles. The van der Waals surface area contributed by atoms with E-state index in [1.165, 1.54) is 11.8 Å². The molecule has 1 atom stereocenters. The zero-order valence-corrected chi connectivity index (χ0v) is 17.5. The summed E-state index contributed by atoms with van der Waals surface area (Å²) >= 11 is 10.8. The molecule has 2 aromatic rings. The number of fused-ring (bicyclic) bond motifs is 1. The highest BCUT2D eigenvalue weighted by molar-refractivity contribution is 9.10. The number of hydrogen-bond acceptors (Lipinski definition) is 4. The Morgan fingerprint density at radius 2 is 1.96 bits per heavy atom. The molecule has 8 heteroatoms. The first kappa shape index (κ1) is 20.0. The van der Waals surface area contributed by atoms with Crippen LogP contribution in [0.3, 0.4) is 0 Å². The SMILES string of the molecule is O=C(CSCC(=O)NC1CCOc2c(Cl)cccc21)Nc1cccc(Br)c1. The van der Waals surface area contributed by atoms with Gasteiger partial charge in [0.1, 0.15) is 5.75 Å². The van der Waals surface area contributed by atoms with Gasteiger partial charge in [0, 0.05) is 22.1 Å². The Bertz CT molecular complexity index is 849. The van der Waals surface area contributed by atoms with Gasteiger partial charge in [0.15, 0.2) is 0 Å². The molecule has 0 saturated heterocycles. The van der Waals surface area contributed by atoms with Gasteiger partial charge in [-0.1, -0.05) is 45.7 Å². The molecule has 5 nitrogen and oxygen atoms in total. The molecule has 1 unspecified atom stereocenters. The van der Waals surface area contributed by atoms with Crippen LogP contribution in [-0.4, -0.2) is 29.9 Å². The number of carbonyl (C=O) groups is 2. The normalized spacial score (nSPS) is 15.4. The maximum Gasteiger partial charge on any atom is 0.234 e. The van der Waals surface area contributed by atoms with Crippen LogP contribution < -0.4 is 15.4 Å². The van der Waals surface area contributed by atoms with Gasteiger partial charge in [-0.3, -0.25) is 9.59 Å². The molecular formula is C19H18BrClN2O3S. The van der Waals surface area contributed by atoms with Crippen LogP contribution in [0.1, 0.15) is 18.0 Å². The Morgan fingerprint density at radius 1 is 1.19 bits per heavy atom. The van der Waals surface area contributed by atoms with Crippen molar-refractivity contribution in [1.29, 1.82) is 0 Å². The minimum atomic E-state index is -0.144. The summed E-state index contributed by atoms with van der Waals surface area (Å²) in [6, 6.07) is 12.8. The van der Waals surface area contributed by atoms with Gasteiger partial charge in [-0.2, -0.15) is 0 Å². The summed E-state index contributed by atoms with van der Waals surface area (Å²) in [4.78, 5) is 24.2. The second-order valence-corrected chi connectivity index (χ2v) is 8.28. The topological polar surface area (TPSA) is 67.4 Å². The van der Waals surface area contributed by atoms with Gasteiger partial charge in [0.25, 0.3) is 0 Å². The van der Waals surface area contributed by atoms with Crippen LogP contribution in [0, 0.1) is 0 Å². The van der Waals surface area contributed by atoms with Gasteiger partial charge in [-0.25, -0.2) is 0 Å². The van der Waals surface area contributed by atoms with E-state index >= 15 is 0 Å². The Hall–Kier alpha value is -1.70. The monoisotopic (exact) mass is 468 g/mol. The van der Waals surface area contributed by atoms with Crippen molar-refractivity contribution in [3.05, 3.63) is 57.5 Å². The number of rotatable bonds is 6. The average molecular weight is 470 g/mol. The molecule has 0 aliphatic carbocycles. The predicted molar refractivity (Wildman–Crippen MR) is 113 cm³/mol. The summed E-state index contributed by atoms with van der Waals surface area (Å²) in [6.07, 6.45) is 0.688. The summed E-state index contributed by atoms with van der Waals surface area (Å²) in [5.74, 6) is 0.786. The van der Waals surface area contributed by atoms with Gasteiger partial charge in [-0.15, -0.1) is 11.8 Å². The maximum absolute atomic E-state index is 12.2. The van der Waals surface area contributed by atoms with Crippen molar-refractivity contribution < 1.29 is 14.3 Å². The molecule has 0 radical (unpaired) electrons. The van der Waals surface area contributed by atoms with Crippen LogP contribution in [-0.2, 0) is 9.59 Å². The third-order valence-corrected chi connectivity index (χ3v) is 5.66. The van der Waals surface area contributed by atoms with Crippen molar-refractivity contribution >= 4 is 56.8 Å². The number of anilines is 1. The second-order valence-electron chi connectivity index (χ2n) is 5.97. The maximum atomic E-state index is 12.2. The van der Waals surface area contributed by atoms with Gasteiger partial charge in [-0.05, 0) is 24.3 Å². The number of nitrogens with one attached hydrogen (secondary N) is 2. The molecule has 1 aliphatic heterocycles. The van der Waals surface area contributed by atoms with Crippen LogP contribution in [0.5, 0.6) is 5.75 Å². The molecule has 2 amide bonds. The van der Waals surface area contributed by atoms with Crippen molar-refractivity contribution in [1.82, 2.24) is 5.32 Å². The highest BCUT2D eigenvalue weighted by atomic mass is 79.9. The first-order valence-corrected chi connectivity index (χ1v) is 10.7. The van der Waals surface area contributed by atoms with Crippen LogP contribution >= 0.6 is 39.3 Å². The van der Waals surface area contributed by atoms with E-state index in [4.69, 9.17) is 16.3 Å². The summed E-state index contributed by atoms with van der Waals surface area (Å²) in [5, 5.41) is 6.35. The van der Waals surface area contributed by atoms with Crippen molar-refractivity contribution in [3.63, 3.8) is 0 Å². The van der Waals surface area contributed by atoms with Crippen LogP contribution in [0.15, 0.2) is 46.9 Å². The number of amides is 2. The van der Waals surface area contributed by atoms with E-state index in [9.17, 15) is 9.59 Å². The zero-order chi connectivity index (χ0) is 19.2. The molecule has 2 N–H and O–H groups in total. The Morgan fingerprint density at radius 3 is 2.78 bits per heavy atom. The fourth-order valence-corrected chi connectivity index (χ4v) is 4.04. The van der Waals surface area contributed by atoms with Gasteiger partial charge in [0.2, 0.25) is 11.8 Å². The third-order valence-electron chi connectivity index (χ3n) is 3.94. The first-order chi connectivity index (χ1) is 13.0. The number of hydrogen-bond donors (Lipinski definition) is 2. The summed E-state index contributed by atoms with van der Waals surface area (Å²) in [5.41, 5.74) is 1.61.